The maximum atomic E-state index is 13.8. The Hall–Kier alpha value is -3.29. The monoisotopic (exact) mass is 511 g/mol. The molecule has 0 saturated carbocycles. The van der Waals surface area contributed by atoms with Gasteiger partial charge in [-0.1, -0.05) is 23.7 Å². The lowest BCUT2D eigenvalue weighted by Crippen LogP contribution is -2.36. The highest BCUT2D eigenvalue weighted by Gasteiger charge is 2.42. The molecule has 0 amide bonds. The zero-order chi connectivity index (χ0) is 25.8. The maximum absolute atomic E-state index is 13.8. The molecule has 0 spiro atoms. The summed E-state index contributed by atoms with van der Waals surface area (Å²) in [6, 6.07) is 13.0. The van der Waals surface area contributed by atoms with Gasteiger partial charge in [0.2, 0.25) is 0 Å². The van der Waals surface area contributed by atoms with Crippen molar-refractivity contribution >= 4 is 23.4 Å². The van der Waals surface area contributed by atoms with Gasteiger partial charge in [-0.25, -0.2) is 4.79 Å². The number of esters is 1. The fourth-order valence-electron chi connectivity index (χ4n) is 4.95. The summed E-state index contributed by atoms with van der Waals surface area (Å²) < 4.78 is 21.7. The van der Waals surface area contributed by atoms with Crippen molar-refractivity contribution in [1.29, 1.82) is 0 Å². The van der Waals surface area contributed by atoms with Crippen LogP contribution in [0.5, 0.6) is 11.5 Å². The Labute approximate surface area is 216 Å². The molecule has 0 unspecified atom stereocenters. The van der Waals surface area contributed by atoms with Crippen LogP contribution in [0.25, 0.3) is 0 Å². The first-order valence-corrected chi connectivity index (χ1v) is 12.1. The first-order chi connectivity index (χ1) is 17.4. The number of hydrogen-bond donors (Lipinski definition) is 1. The molecule has 190 valence electrons. The Morgan fingerprint density at radius 1 is 1.03 bits per heavy atom. The minimum absolute atomic E-state index is 0.00289. The lowest BCUT2D eigenvalue weighted by molar-refractivity contribution is -0.140. The quantitative estimate of drug-likeness (QED) is 0.398. The number of allylic oxidation sites excluding steroid dienone is 3. The SMILES string of the molecule is COCCOC(=O)C1=C(C)NC2=C(C(=O)C[C@@H](c3ccc(Cl)cc3)C2)[C@@H]1c1cc(OC)ccc1OC. The normalized spacial score (nSPS) is 19.5. The number of carbonyl (C=O) groups excluding carboxylic acids is 2. The molecule has 2 atom stereocenters. The molecule has 1 aliphatic heterocycles. The van der Waals surface area contributed by atoms with Crippen LogP contribution in [0, 0.1) is 0 Å². The highest BCUT2D eigenvalue weighted by molar-refractivity contribution is 6.30. The van der Waals surface area contributed by atoms with Gasteiger partial charge in [-0.15, -0.1) is 0 Å². The molecular weight excluding hydrogens is 482 g/mol. The summed E-state index contributed by atoms with van der Waals surface area (Å²) in [7, 11) is 4.68. The second kappa shape index (κ2) is 11.2. The Kier molecular flexibility index (Phi) is 8.01. The van der Waals surface area contributed by atoms with Gasteiger partial charge >= 0.3 is 5.97 Å². The van der Waals surface area contributed by atoms with Gasteiger partial charge in [0.1, 0.15) is 18.1 Å². The van der Waals surface area contributed by atoms with Crippen LogP contribution in [0.3, 0.4) is 0 Å². The van der Waals surface area contributed by atoms with Gasteiger partial charge < -0.3 is 24.3 Å². The molecule has 0 bridgehead atoms. The molecule has 8 heteroatoms. The number of carbonyl (C=O) groups is 2. The summed E-state index contributed by atoms with van der Waals surface area (Å²) in [5.74, 6) is -0.0630. The van der Waals surface area contributed by atoms with E-state index in [0.717, 1.165) is 11.3 Å². The highest BCUT2D eigenvalue weighted by atomic mass is 35.5. The second-order valence-electron chi connectivity index (χ2n) is 8.81. The number of benzene rings is 2. The van der Waals surface area contributed by atoms with Crippen molar-refractivity contribution in [3.05, 3.63) is 81.2 Å². The summed E-state index contributed by atoms with van der Waals surface area (Å²) in [5, 5.41) is 4.01. The van der Waals surface area contributed by atoms with Crippen molar-refractivity contribution in [3.8, 4) is 11.5 Å². The molecule has 7 nitrogen and oxygen atoms in total. The summed E-state index contributed by atoms with van der Waals surface area (Å²) in [6.45, 7) is 2.20. The largest absolute Gasteiger partial charge is 0.497 e. The number of rotatable bonds is 8. The molecule has 2 aliphatic rings. The minimum atomic E-state index is -0.667. The van der Waals surface area contributed by atoms with Crippen LogP contribution >= 0.6 is 11.6 Å². The summed E-state index contributed by atoms with van der Waals surface area (Å²) >= 11 is 6.07. The number of methoxy groups -OCH3 is 3. The highest BCUT2D eigenvalue weighted by Crippen LogP contribution is 2.48. The Morgan fingerprint density at radius 2 is 1.78 bits per heavy atom. The van der Waals surface area contributed by atoms with E-state index in [2.05, 4.69) is 5.32 Å². The fraction of sp³-hybridized carbons (Fsp3) is 0.357. The zero-order valence-electron chi connectivity index (χ0n) is 20.9. The fourth-order valence-corrected chi connectivity index (χ4v) is 5.08. The van der Waals surface area contributed by atoms with E-state index >= 15 is 0 Å². The van der Waals surface area contributed by atoms with E-state index in [1.54, 1.807) is 33.5 Å². The van der Waals surface area contributed by atoms with E-state index in [0.29, 0.717) is 51.8 Å². The predicted molar refractivity (Wildman–Crippen MR) is 136 cm³/mol. The molecule has 1 N–H and O–H groups in total. The average molecular weight is 512 g/mol. The lowest BCUT2D eigenvalue weighted by Gasteiger charge is -2.37. The van der Waals surface area contributed by atoms with Gasteiger partial charge in [-0.05, 0) is 55.2 Å². The number of halogens is 1. The van der Waals surface area contributed by atoms with E-state index in [1.807, 2.05) is 37.3 Å². The van der Waals surface area contributed by atoms with Crippen molar-refractivity contribution in [2.24, 2.45) is 0 Å². The third kappa shape index (κ3) is 5.13. The molecular formula is C28H30ClNO6. The van der Waals surface area contributed by atoms with Crippen molar-refractivity contribution in [2.75, 3.05) is 34.5 Å². The zero-order valence-corrected chi connectivity index (χ0v) is 21.6. The summed E-state index contributed by atoms with van der Waals surface area (Å²) in [5.41, 5.74) is 4.07. The van der Waals surface area contributed by atoms with E-state index in [4.69, 9.17) is 30.5 Å². The van der Waals surface area contributed by atoms with Gasteiger partial charge in [-0.3, -0.25) is 4.79 Å². The number of nitrogens with one attached hydrogen (secondary N) is 1. The Morgan fingerprint density at radius 3 is 2.44 bits per heavy atom. The molecule has 2 aromatic carbocycles. The lowest BCUT2D eigenvalue weighted by atomic mass is 9.71. The van der Waals surface area contributed by atoms with E-state index in [-0.39, 0.29) is 24.9 Å². The van der Waals surface area contributed by atoms with E-state index in [9.17, 15) is 9.59 Å². The van der Waals surface area contributed by atoms with Crippen LogP contribution in [0.1, 0.15) is 42.7 Å². The predicted octanol–water partition coefficient (Wildman–Crippen LogP) is 4.91. The van der Waals surface area contributed by atoms with Crippen LogP contribution in [0.4, 0.5) is 0 Å². The topological polar surface area (TPSA) is 83.1 Å². The van der Waals surface area contributed by atoms with Gasteiger partial charge in [0.15, 0.2) is 5.78 Å². The van der Waals surface area contributed by atoms with Crippen LogP contribution in [0.2, 0.25) is 5.02 Å². The third-order valence-corrected chi connectivity index (χ3v) is 6.91. The Balaban J connectivity index is 1.82. The first-order valence-electron chi connectivity index (χ1n) is 11.7. The molecule has 0 radical (unpaired) electrons. The number of dihydropyridines is 1. The molecule has 1 aliphatic carbocycles. The van der Waals surface area contributed by atoms with E-state index < -0.39 is 11.9 Å². The number of ether oxygens (including phenoxy) is 4. The number of ketones is 1. The first kappa shape index (κ1) is 25.8. The number of Topliss-reactive ketones (excluding diaryl/α,β-unsaturated/α-hetero) is 1. The minimum Gasteiger partial charge on any atom is -0.497 e. The second-order valence-corrected chi connectivity index (χ2v) is 9.24. The summed E-state index contributed by atoms with van der Waals surface area (Å²) in [4.78, 5) is 27.1. The molecule has 36 heavy (non-hydrogen) atoms. The number of hydrogen-bond acceptors (Lipinski definition) is 7. The summed E-state index contributed by atoms with van der Waals surface area (Å²) in [6.07, 6.45) is 0.935. The van der Waals surface area contributed by atoms with E-state index in [1.165, 1.54) is 0 Å². The van der Waals surface area contributed by atoms with Crippen LogP contribution in [-0.2, 0) is 19.1 Å². The third-order valence-electron chi connectivity index (χ3n) is 6.66. The van der Waals surface area contributed by atoms with Crippen molar-refractivity contribution in [2.45, 2.75) is 31.6 Å². The molecule has 0 fully saturated rings. The van der Waals surface area contributed by atoms with Crippen molar-refractivity contribution in [1.82, 2.24) is 5.32 Å². The van der Waals surface area contributed by atoms with Gasteiger partial charge in [0.25, 0.3) is 0 Å². The standard InChI is InChI=1S/C28H30ClNO6/c1-16-25(28(32)36-12-11-33-2)26(21-15-20(34-3)9-10-24(21)35-4)27-22(30-16)13-18(14-23(27)31)17-5-7-19(29)8-6-17/h5-10,15,18,26,30H,11-14H2,1-4H3/t18-,26+/m0/s1. The van der Waals surface area contributed by atoms with Gasteiger partial charge in [0.05, 0.1) is 32.3 Å². The van der Waals surface area contributed by atoms with Crippen LogP contribution in [-0.4, -0.2) is 46.3 Å². The molecule has 2 aromatic rings. The van der Waals surface area contributed by atoms with Crippen molar-refractivity contribution < 1.29 is 28.5 Å². The average Bonchev–Trinajstić information content (AvgIpc) is 2.87. The maximum Gasteiger partial charge on any atom is 0.336 e. The van der Waals surface area contributed by atoms with Gasteiger partial charge in [0, 0.05) is 41.1 Å². The molecule has 0 saturated heterocycles. The van der Waals surface area contributed by atoms with Crippen LogP contribution < -0.4 is 14.8 Å². The van der Waals surface area contributed by atoms with Crippen LogP contribution in [0.15, 0.2) is 65.0 Å². The Bertz CT molecular complexity index is 1220. The van der Waals surface area contributed by atoms with Crippen molar-refractivity contribution in [3.63, 3.8) is 0 Å². The molecule has 0 aromatic heterocycles. The smallest absolute Gasteiger partial charge is 0.336 e. The molecule has 1 heterocycles. The molecule has 4 rings (SSSR count). The van der Waals surface area contributed by atoms with Gasteiger partial charge in [-0.2, -0.15) is 0 Å².